The molecule has 12 rings (SSSR count). The number of halogens is 1. The fourth-order valence-corrected chi connectivity index (χ4v) is 13.1. The average molecular weight is 1280 g/mol. The van der Waals surface area contributed by atoms with Gasteiger partial charge in [0.05, 0.1) is 29.4 Å². The topological polar surface area (TPSA) is 175 Å². The summed E-state index contributed by atoms with van der Waals surface area (Å²) in [6, 6.07) is 62.7. The predicted molar refractivity (Wildman–Crippen MR) is 355 cm³/mol. The van der Waals surface area contributed by atoms with Gasteiger partial charge in [-0.1, -0.05) is 170 Å². The summed E-state index contributed by atoms with van der Waals surface area (Å²) in [6.45, 7) is 5.26. The van der Waals surface area contributed by atoms with Crippen molar-refractivity contribution < 1.29 is 47.5 Å². The lowest BCUT2D eigenvalue weighted by atomic mass is 9.91. The number of phenolic OH excluding ortho intramolecular Hbond substituents is 1. The predicted octanol–water partition coefficient (Wildman–Crippen LogP) is 17.4. The maximum Gasteiger partial charge on any atom is 0.416 e. The molecule has 17 heteroatoms. The summed E-state index contributed by atoms with van der Waals surface area (Å²) >= 11 is 9.33. The number of phenols is 1. The highest BCUT2D eigenvalue weighted by atomic mass is 35.5. The number of imide groups is 2. The first kappa shape index (κ1) is 64.9. The maximum atomic E-state index is 13.6. The number of aryl methyl sites for hydroxylation is 2. The first-order valence-corrected chi connectivity index (χ1v) is 33.0. The fraction of sp³-hybridized carbons (Fsp3) is 0.270. The third-order valence-corrected chi connectivity index (χ3v) is 18.7. The van der Waals surface area contributed by atoms with Crippen LogP contribution in [0.5, 0.6) is 11.5 Å². The summed E-state index contributed by atoms with van der Waals surface area (Å²) in [7, 11) is 0. The number of carbonyl (C=O) groups excluding carboxylic acids is 4. The molecule has 2 fully saturated rings. The van der Waals surface area contributed by atoms with E-state index in [2.05, 4.69) is 97.0 Å². The highest BCUT2D eigenvalue weighted by molar-refractivity contribution is 7.15. The second-order valence-corrected chi connectivity index (χ2v) is 25.1. The quantitative estimate of drug-likeness (QED) is 0.0568. The number of nitrogens with zero attached hydrogens (tertiary/aromatic N) is 4. The van der Waals surface area contributed by atoms with Crippen molar-refractivity contribution in [1.29, 1.82) is 0 Å². The molecule has 468 valence electrons. The summed E-state index contributed by atoms with van der Waals surface area (Å²) in [5, 5.41) is 17.7. The summed E-state index contributed by atoms with van der Waals surface area (Å²) in [5.74, 6) is 0.0109. The third-order valence-electron chi connectivity index (χ3n) is 16.0. The molecule has 2 aliphatic rings. The van der Waals surface area contributed by atoms with Crippen LogP contribution in [-0.2, 0) is 57.2 Å². The smallest absolute Gasteiger partial charge is 0.416 e. The lowest BCUT2D eigenvalue weighted by Crippen LogP contribution is -2.40. The van der Waals surface area contributed by atoms with Crippen LogP contribution in [0.2, 0.25) is 0 Å². The minimum atomic E-state index is -0.624. The van der Waals surface area contributed by atoms with Crippen molar-refractivity contribution in [3.8, 4) is 32.4 Å². The van der Waals surface area contributed by atoms with Crippen LogP contribution < -0.4 is 4.74 Å². The molecule has 0 bridgehead atoms. The van der Waals surface area contributed by atoms with Gasteiger partial charge in [-0.3, -0.25) is 9.59 Å². The standard InChI is InChI=1S/C37H36N2O5S.C22H20N2O5.C15H17ClS/c1-2-3-7-26-10-12-29(13-11-26)35-19-18-32(45-35)25-42-31-16-14-28(15-17-31)33(34-20-21-44-38-34)23-36(40)39-30(24-43-37(39)41)22-27-8-5-4-6-9-27;25-18-8-6-16(7-9-18)19(20-10-11-29-23-20)13-21(26)24-17(14-28-22(24)27)12-15-4-2-1-3-5-15;1-2-3-4-12-5-7-13(8-6-12)15-10-9-14(11-16)17-15/h4-6,8-21,30,33H,2-3,7,22-25H2,1H3;1-11,17,19,25H,12-14H2;5-10H,2-4,11H2,1H3/t30-,33-;17-,19-;/m00./s1. The molecule has 0 spiro atoms. The molecular weight excluding hydrogens is 1200 g/mol. The van der Waals surface area contributed by atoms with Gasteiger partial charge in [-0.2, -0.15) is 0 Å². The van der Waals surface area contributed by atoms with Crippen LogP contribution >= 0.6 is 34.3 Å². The van der Waals surface area contributed by atoms with Crippen LogP contribution in [0.15, 0.2) is 216 Å². The van der Waals surface area contributed by atoms with Gasteiger partial charge in [0.15, 0.2) is 0 Å². The van der Waals surface area contributed by atoms with Crippen LogP contribution in [0.3, 0.4) is 0 Å². The molecule has 4 aromatic heterocycles. The molecule has 6 aromatic carbocycles. The van der Waals surface area contributed by atoms with Crippen LogP contribution in [-0.4, -0.2) is 74.5 Å². The number of unbranched alkanes of at least 4 members (excludes halogenated alkanes) is 2. The zero-order valence-electron chi connectivity index (χ0n) is 50.9. The molecule has 1 N–H and O–H groups in total. The lowest BCUT2D eigenvalue weighted by molar-refractivity contribution is -0.130. The molecule has 4 amide bonds. The summed E-state index contributed by atoms with van der Waals surface area (Å²) in [5.41, 5.74) is 10.3. The number of benzene rings is 6. The van der Waals surface area contributed by atoms with Crippen molar-refractivity contribution in [3.05, 3.63) is 261 Å². The van der Waals surface area contributed by atoms with Crippen LogP contribution in [0, 0.1) is 0 Å². The molecule has 0 radical (unpaired) electrons. The van der Waals surface area contributed by atoms with Crippen LogP contribution in [0.25, 0.3) is 20.9 Å². The molecule has 2 saturated heterocycles. The van der Waals surface area contributed by atoms with Gasteiger partial charge in [-0.25, -0.2) is 19.4 Å². The Morgan fingerprint density at radius 2 is 0.989 bits per heavy atom. The number of amides is 4. The number of cyclic esters (lactones) is 2. The molecule has 91 heavy (non-hydrogen) atoms. The van der Waals surface area contributed by atoms with Crippen molar-refractivity contribution in [2.24, 2.45) is 0 Å². The van der Waals surface area contributed by atoms with Gasteiger partial charge in [-0.05, 0) is 132 Å². The third kappa shape index (κ3) is 17.9. The van der Waals surface area contributed by atoms with E-state index in [0.717, 1.165) is 39.3 Å². The van der Waals surface area contributed by atoms with Gasteiger partial charge in [0.2, 0.25) is 11.8 Å². The van der Waals surface area contributed by atoms with E-state index >= 15 is 0 Å². The highest BCUT2D eigenvalue weighted by Crippen LogP contribution is 2.35. The largest absolute Gasteiger partial charge is 0.508 e. The Morgan fingerprint density at radius 1 is 0.549 bits per heavy atom. The zero-order valence-corrected chi connectivity index (χ0v) is 53.3. The van der Waals surface area contributed by atoms with Gasteiger partial charge in [0.1, 0.15) is 43.8 Å². The first-order chi connectivity index (χ1) is 44.5. The second-order valence-electron chi connectivity index (χ2n) is 22.4. The fourth-order valence-electron chi connectivity index (χ4n) is 11.0. The monoisotopic (exact) mass is 1280 g/mol. The Morgan fingerprint density at radius 3 is 1.41 bits per heavy atom. The van der Waals surface area contributed by atoms with Crippen LogP contribution in [0.4, 0.5) is 9.59 Å². The normalized spacial score (nSPS) is 15.0. The maximum absolute atomic E-state index is 13.6. The summed E-state index contributed by atoms with van der Waals surface area (Å²) in [6.07, 6.45) is 10.1. The Hall–Kier alpha value is -9.09. The summed E-state index contributed by atoms with van der Waals surface area (Å²) in [4.78, 5) is 59.0. The highest BCUT2D eigenvalue weighted by Gasteiger charge is 2.41. The first-order valence-electron chi connectivity index (χ1n) is 30.8. The number of hydrogen-bond acceptors (Lipinski definition) is 14. The molecule has 2 aliphatic heterocycles. The van der Waals surface area contributed by atoms with Crippen molar-refractivity contribution in [2.45, 2.75) is 114 Å². The molecule has 14 nitrogen and oxygen atoms in total. The number of alkyl halides is 1. The number of carbonyl (C=O) groups is 4. The summed E-state index contributed by atoms with van der Waals surface area (Å²) < 4.78 is 26.6. The van der Waals surface area contributed by atoms with E-state index in [1.807, 2.05) is 84.9 Å². The van der Waals surface area contributed by atoms with Gasteiger partial charge < -0.3 is 28.4 Å². The lowest BCUT2D eigenvalue weighted by Gasteiger charge is -2.22. The van der Waals surface area contributed by atoms with Gasteiger partial charge in [0, 0.05) is 56.3 Å². The molecule has 10 aromatic rings. The Kier molecular flexibility index (Phi) is 23.2. The van der Waals surface area contributed by atoms with E-state index in [0.29, 0.717) is 36.7 Å². The van der Waals surface area contributed by atoms with Crippen molar-refractivity contribution >= 4 is 58.3 Å². The van der Waals surface area contributed by atoms with Gasteiger partial charge in [0.25, 0.3) is 0 Å². The van der Waals surface area contributed by atoms with Crippen molar-refractivity contribution in [1.82, 2.24) is 20.1 Å². The minimum absolute atomic E-state index is 0.0255. The Balaban J connectivity index is 0.000000168. The minimum Gasteiger partial charge on any atom is -0.508 e. The number of ether oxygens (including phenoxy) is 3. The van der Waals surface area contributed by atoms with E-state index < -0.39 is 24.0 Å². The van der Waals surface area contributed by atoms with Gasteiger partial charge >= 0.3 is 12.2 Å². The average Bonchev–Trinajstić information content (AvgIpc) is 2.12. The molecule has 0 aliphatic carbocycles. The Labute approximate surface area is 544 Å². The molecular formula is C74H73ClN4O10S2. The van der Waals surface area contributed by atoms with E-state index in [4.69, 9.17) is 34.9 Å². The second kappa shape index (κ2) is 32.6. The molecule has 6 heterocycles. The SMILES string of the molecule is CCCCc1ccc(-c2ccc(CCl)s2)cc1.CCCCc1ccc(-c2ccc(COc3ccc([C@H](CC(=O)N4C(=O)OC[C@@H]4Cc4ccccc4)c4ccon4)cc3)s2)cc1.O=C(C[C@@H](c1ccc(O)cc1)c1ccon1)N1C(=O)OC[C@@H]1Cc1ccccc1. The van der Waals surface area contributed by atoms with E-state index in [9.17, 15) is 24.3 Å². The number of hydrogen-bond donors (Lipinski definition) is 1. The van der Waals surface area contributed by atoms with Gasteiger partial charge in [-0.15, -0.1) is 34.3 Å². The molecule has 0 saturated carbocycles. The zero-order chi connectivity index (χ0) is 63.3. The van der Waals surface area contributed by atoms with E-state index in [-0.39, 0.29) is 55.7 Å². The Bertz CT molecular complexity index is 3860. The molecule has 0 unspecified atom stereocenters. The number of rotatable bonds is 24. The van der Waals surface area contributed by atoms with E-state index in [1.54, 1.807) is 59.1 Å². The van der Waals surface area contributed by atoms with Crippen LogP contribution in [0.1, 0.15) is 119 Å². The molecule has 4 atom stereocenters. The number of thiophene rings is 2. The van der Waals surface area contributed by atoms with E-state index in [1.165, 1.54) is 91.3 Å². The number of aromatic hydroxyl groups is 1. The van der Waals surface area contributed by atoms with Crippen molar-refractivity contribution in [3.63, 3.8) is 0 Å². The number of aromatic nitrogens is 2. The van der Waals surface area contributed by atoms with Crippen molar-refractivity contribution in [2.75, 3.05) is 13.2 Å².